The van der Waals surface area contributed by atoms with Crippen LogP contribution in [0.1, 0.15) is 7.43 Å². The Morgan fingerprint density at radius 1 is 1.00 bits per heavy atom. The van der Waals surface area contributed by atoms with Crippen LogP contribution < -0.4 is 0 Å². The van der Waals surface area contributed by atoms with E-state index in [-0.39, 0.29) is 17.3 Å². The van der Waals surface area contributed by atoms with E-state index in [9.17, 15) is 0 Å². The summed E-state index contributed by atoms with van der Waals surface area (Å²) in [4.78, 5) is 2.00. The molecule has 2 heteroatoms. The molecule has 0 fully saturated rings. The van der Waals surface area contributed by atoms with Gasteiger partial charge in [0.15, 0.2) is 0 Å². The third-order valence-corrected chi connectivity index (χ3v) is 0. The van der Waals surface area contributed by atoms with Crippen LogP contribution in [0.5, 0.6) is 0 Å². The molecule has 0 aliphatic heterocycles. The number of nitrogens with zero attached hydrogens (tertiary/aromatic N) is 1. The summed E-state index contributed by atoms with van der Waals surface area (Å²) in [6, 6.07) is 0. The fraction of sp³-hybridized carbons (Fsp3) is 1.00. The number of hydrogen-bond acceptors (Lipinski definition) is 1. The molecule has 0 radical (unpaired) electrons. The van der Waals surface area contributed by atoms with Gasteiger partial charge < -0.3 is 4.90 Å². The van der Waals surface area contributed by atoms with Crippen molar-refractivity contribution in [3.8, 4) is 0 Å². The highest BCUT2D eigenvalue weighted by atomic mass is 31.0. The summed E-state index contributed by atoms with van der Waals surface area (Å²) in [7, 11) is 6.00. The predicted octanol–water partition coefficient (Wildman–Crippen LogP) is 0.872. The Morgan fingerprint density at radius 3 is 1.00 bits per heavy atom. The average Bonchev–Trinajstić information content (AvgIpc) is 0.811. The van der Waals surface area contributed by atoms with Gasteiger partial charge >= 0.3 is 0 Å². The zero-order valence-corrected chi connectivity index (χ0v) is 5.57. The summed E-state index contributed by atoms with van der Waals surface area (Å²) in [6.07, 6.45) is 0. The van der Waals surface area contributed by atoms with Crippen LogP contribution in [0.3, 0.4) is 0 Å². The Hall–Kier alpha value is 0.390. The summed E-state index contributed by atoms with van der Waals surface area (Å²) in [5.74, 6) is 0. The standard InChI is InChI=1S/C3H9N.CH4.H3P/c1-4(2)3;;/h1-3H3;1H4;1H3. The van der Waals surface area contributed by atoms with Crippen molar-refractivity contribution < 1.29 is 0 Å². The minimum Gasteiger partial charge on any atom is -0.312 e. The van der Waals surface area contributed by atoms with Crippen LogP contribution in [-0.2, 0) is 0 Å². The first kappa shape index (κ1) is 16.2. The lowest BCUT2D eigenvalue weighted by Crippen LogP contribution is -1.99. The zero-order valence-electron chi connectivity index (χ0n) is 4.15. The molecule has 0 aliphatic rings. The fourth-order valence-corrected chi connectivity index (χ4v) is 0. The van der Waals surface area contributed by atoms with Crippen LogP contribution in [-0.4, -0.2) is 26.0 Å². The second-order valence-corrected chi connectivity index (χ2v) is 1.34. The van der Waals surface area contributed by atoms with Gasteiger partial charge in [-0.25, -0.2) is 0 Å². The number of rotatable bonds is 0. The molecular weight excluding hydrogens is 93.0 g/mol. The van der Waals surface area contributed by atoms with Crippen LogP contribution >= 0.6 is 9.90 Å². The zero-order chi connectivity index (χ0) is 3.58. The summed E-state index contributed by atoms with van der Waals surface area (Å²) in [6.45, 7) is 0. The Balaban J connectivity index is -0.0000000450. The molecule has 0 saturated carbocycles. The molecule has 0 heterocycles. The molecule has 0 bridgehead atoms. The molecule has 0 aromatic carbocycles. The first-order chi connectivity index (χ1) is 1.73. The van der Waals surface area contributed by atoms with Crippen molar-refractivity contribution in [3.63, 3.8) is 0 Å². The average molecular weight is 109 g/mol. The largest absolute Gasteiger partial charge is 0.312 e. The fourth-order valence-electron chi connectivity index (χ4n) is 0. The molecule has 1 atom stereocenters. The van der Waals surface area contributed by atoms with Crippen molar-refractivity contribution in [1.29, 1.82) is 0 Å². The van der Waals surface area contributed by atoms with Crippen LogP contribution in [0, 0.1) is 0 Å². The maximum Gasteiger partial charge on any atom is -0.0140 e. The van der Waals surface area contributed by atoms with Gasteiger partial charge in [0.2, 0.25) is 0 Å². The van der Waals surface area contributed by atoms with E-state index in [0.29, 0.717) is 0 Å². The number of hydrogen-bond donors (Lipinski definition) is 0. The Bertz CT molecular complexity index is 12.3. The molecule has 0 aromatic heterocycles. The molecular formula is C4H16NP. The molecule has 1 nitrogen and oxygen atoms in total. The molecule has 1 unspecified atom stereocenters. The van der Waals surface area contributed by atoms with Gasteiger partial charge in [0.25, 0.3) is 0 Å². The molecule has 6 heavy (non-hydrogen) atoms. The highest BCUT2D eigenvalue weighted by Gasteiger charge is 1.58. The van der Waals surface area contributed by atoms with E-state index in [1.165, 1.54) is 0 Å². The van der Waals surface area contributed by atoms with E-state index in [2.05, 4.69) is 0 Å². The lowest BCUT2D eigenvalue weighted by Gasteiger charge is -1.90. The molecule has 0 amide bonds. The van der Waals surface area contributed by atoms with Gasteiger partial charge in [-0.1, -0.05) is 7.43 Å². The van der Waals surface area contributed by atoms with Crippen LogP contribution in [0.25, 0.3) is 0 Å². The first-order valence-electron chi connectivity index (χ1n) is 1.34. The van der Waals surface area contributed by atoms with E-state index >= 15 is 0 Å². The highest BCUT2D eigenvalue weighted by Crippen LogP contribution is 1.47. The summed E-state index contributed by atoms with van der Waals surface area (Å²) >= 11 is 0. The SMILES string of the molecule is C.CN(C)C.P. The molecule has 0 spiro atoms. The summed E-state index contributed by atoms with van der Waals surface area (Å²) in [5, 5.41) is 0. The van der Waals surface area contributed by atoms with Gasteiger partial charge in [-0.3, -0.25) is 0 Å². The van der Waals surface area contributed by atoms with Gasteiger partial charge in [0.05, 0.1) is 0 Å². The normalized spacial score (nSPS) is 6.00. The topological polar surface area (TPSA) is 3.24 Å². The predicted molar refractivity (Wildman–Crippen MR) is 37.4 cm³/mol. The van der Waals surface area contributed by atoms with Gasteiger partial charge in [0, 0.05) is 0 Å². The van der Waals surface area contributed by atoms with Gasteiger partial charge in [0.1, 0.15) is 0 Å². The van der Waals surface area contributed by atoms with Crippen molar-refractivity contribution in [2.24, 2.45) is 0 Å². The van der Waals surface area contributed by atoms with Crippen LogP contribution in [0.2, 0.25) is 0 Å². The van der Waals surface area contributed by atoms with Gasteiger partial charge in [-0.2, -0.15) is 9.90 Å². The van der Waals surface area contributed by atoms with Crippen LogP contribution in [0.15, 0.2) is 0 Å². The van der Waals surface area contributed by atoms with E-state index in [1.54, 1.807) is 0 Å². The Labute approximate surface area is 44.4 Å². The molecule has 0 saturated heterocycles. The quantitative estimate of drug-likeness (QED) is 0.417. The second kappa shape index (κ2) is 9.04. The monoisotopic (exact) mass is 109 g/mol. The molecule has 0 N–H and O–H groups in total. The van der Waals surface area contributed by atoms with Crippen LogP contribution in [0.4, 0.5) is 0 Å². The van der Waals surface area contributed by atoms with E-state index < -0.39 is 0 Å². The van der Waals surface area contributed by atoms with Crippen molar-refractivity contribution >= 4 is 9.90 Å². The third-order valence-electron chi connectivity index (χ3n) is 0. The van der Waals surface area contributed by atoms with Gasteiger partial charge in [-0.05, 0) is 21.1 Å². The Morgan fingerprint density at radius 2 is 1.00 bits per heavy atom. The second-order valence-electron chi connectivity index (χ2n) is 1.34. The van der Waals surface area contributed by atoms with Gasteiger partial charge in [-0.15, -0.1) is 0 Å². The smallest absolute Gasteiger partial charge is 0.0140 e. The first-order valence-corrected chi connectivity index (χ1v) is 1.34. The van der Waals surface area contributed by atoms with Crippen molar-refractivity contribution in [2.45, 2.75) is 7.43 Å². The minimum absolute atomic E-state index is 0. The maximum atomic E-state index is 2.00. The maximum absolute atomic E-state index is 2.00. The summed E-state index contributed by atoms with van der Waals surface area (Å²) in [5.41, 5.74) is 0. The van der Waals surface area contributed by atoms with E-state index in [1.807, 2.05) is 26.0 Å². The molecule has 0 aliphatic carbocycles. The molecule has 0 rings (SSSR count). The Kier molecular flexibility index (Phi) is 24.3. The highest BCUT2D eigenvalue weighted by molar-refractivity contribution is 6.92. The molecule has 42 valence electrons. The lowest BCUT2D eigenvalue weighted by atomic mass is 11.0. The summed E-state index contributed by atoms with van der Waals surface area (Å²) < 4.78 is 0. The van der Waals surface area contributed by atoms with E-state index in [0.717, 1.165) is 0 Å². The van der Waals surface area contributed by atoms with Crippen molar-refractivity contribution in [2.75, 3.05) is 21.1 Å². The lowest BCUT2D eigenvalue weighted by molar-refractivity contribution is 0.505. The van der Waals surface area contributed by atoms with Crippen molar-refractivity contribution in [1.82, 2.24) is 4.90 Å². The molecule has 0 aromatic rings. The minimum atomic E-state index is 0. The van der Waals surface area contributed by atoms with E-state index in [4.69, 9.17) is 0 Å². The third kappa shape index (κ3) is 332. The van der Waals surface area contributed by atoms with Crippen molar-refractivity contribution in [3.05, 3.63) is 0 Å².